The zero-order valence-corrected chi connectivity index (χ0v) is 18.6. The first-order valence-corrected chi connectivity index (χ1v) is 11.7. The molecule has 0 unspecified atom stereocenters. The van der Waals surface area contributed by atoms with Crippen molar-refractivity contribution in [3.63, 3.8) is 0 Å². The van der Waals surface area contributed by atoms with Crippen LogP contribution in [0.15, 0.2) is 70.0 Å². The molecule has 7 nitrogen and oxygen atoms in total. The van der Waals surface area contributed by atoms with E-state index in [0.717, 1.165) is 5.56 Å². The number of oxazole rings is 1. The number of fused-ring (bicyclic) bond motifs is 2. The third-order valence-electron chi connectivity index (χ3n) is 5.36. The average Bonchev–Trinajstić information content (AvgIpc) is 3.36. The Morgan fingerprint density at radius 1 is 1.12 bits per heavy atom. The molecule has 0 radical (unpaired) electrons. The van der Waals surface area contributed by atoms with E-state index in [4.69, 9.17) is 16.0 Å². The molecule has 1 aliphatic heterocycles. The van der Waals surface area contributed by atoms with Crippen LogP contribution >= 0.6 is 11.6 Å². The van der Waals surface area contributed by atoms with E-state index in [-0.39, 0.29) is 15.5 Å². The minimum Gasteiger partial charge on any atom is -0.441 e. The van der Waals surface area contributed by atoms with Crippen LogP contribution in [0.2, 0.25) is 5.02 Å². The minimum absolute atomic E-state index is 0.0606. The van der Waals surface area contributed by atoms with Crippen LogP contribution in [0.25, 0.3) is 11.1 Å². The minimum atomic E-state index is -3.94. The highest BCUT2D eigenvalue weighted by molar-refractivity contribution is 7.93. The zero-order valence-electron chi connectivity index (χ0n) is 17.0. The second-order valence-electron chi connectivity index (χ2n) is 7.47. The van der Waals surface area contributed by atoms with Gasteiger partial charge >= 0.3 is 0 Å². The van der Waals surface area contributed by atoms with Crippen LogP contribution in [-0.2, 0) is 16.4 Å². The number of benzene rings is 3. The molecule has 0 fully saturated rings. The Kier molecular flexibility index (Phi) is 4.91. The average molecular weight is 468 g/mol. The van der Waals surface area contributed by atoms with E-state index in [1.165, 1.54) is 22.5 Å². The molecule has 1 amide bonds. The normalized spacial score (nSPS) is 13.4. The van der Waals surface area contributed by atoms with E-state index >= 15 is 0 Å². The molecule has 3 aromatic carbocycles. The number of aromatic nitrogens is 1. The van der Waals surface area contributed by atoms with Gasteiger partial charge < -0.3 is 9.73 Å². The van der Waals surface area contributed by atoms with E-state index in [1.54, 1.807) is 37.3 Å². The summed E-state index contributed by atoms with van der Waals surface area (Å²) in [7, 11) is -3.94. The van der Waals surface area contributed by atoms with E-state index < -0.39 is 15.9 Å². The Morgan fingerprint density at radius 3 is 2.78 bits per heavy atom. The predicted octanol–water partition coefficient (Wildman–Crippen LogP) is 4.79. The number of hydrogen-bond acceptors (Lipinski definition) is 5. The lowest BCUT2D eigenvalue weighted by Crippen LogP contribution is -2.29. The Labute approximate surface area is 189 Å². The first kappa shape index (κ1) is 20.5. The standard InChI is InChI=1S/C23H18ClN3O4S/c1-14-25-19-13-17(7-9-21(19)31-14)26-23(28)16-6-8-18(24)22(12-16)32(29,30)27-11-10-15-4-2-3-5-20(15)27/h2-9,12-13H,10-11H2,1H3,(H,26,28). The van der Waals surface area contributed by atoms with Crippen molar-refractivity contribution < 1.29 is 17.6 Å². The number of anilines is 2. The molecule has 0 bridgehead atoms. The van der Waals surface area contributed by atoms with Crippen LogP contribution < -0.4 is 9.62 Å². The third-order valence-corrected chi connectivity index (χ3v) is 7.65. The fourth-order valence-corrected chi connectivity index (χ4v) is 5.85. The SMILES string of the molecule is Cc1nc2cc(NC(=O)c3ccc(Cl)c(S(=O)(=O)N4CCc5ccccc54)c3)ccc2o1. The maximum atomic E-state index is 13.4. The van der Waals surface area contributed by atoms with Gasteiger partial charge in [0.05, 0.1) is 10.7 Å². The van der Waals surface area contributed by atoms with Gasteiger partial charge in [-0.15, -0.1) is 0 Å². The highest BCUT2D eigenvalue weighted by Crippen LogP contribution is 2.35. The van der Waals surface area contributed by atoms with Crippen LogP contribution in [0.3, 0.4) is 0 Å². The molecule has 0 aliphatic carbocycles. The van der Waals surface area contributed by atoms with Crippen molar-refractivity contribution in [3.8, 4) is 0 Å². The molecule has 2 heterocycles. The Morgan fingerprint density at radius 2 is 1.94 bits per heavy atom. The number of para-hydroxylation sites is 1. The van der Waals surface area contributed by atoms with Gasteiger partial charge in [0.1, 0.15) is 10.4 Å². The van der Waals surface area contributed by atoms with Crippen molar-refractivity contribution in [1.29, 1.82) is 0 Å². The van der Waals surface area contributed by atoms with Gasteiger partial charge in [-0.05, 0) is 54.4 Å². The number of hydrogen-bond donors (Lipinski definition) is 1. The fourth-order valence-electron chi connectivity index (χ4n) is 3.84. The van der Waals surface area contributed by atoms with E-state index in [9.17, 15) is 13.2 Å². The van der Waals surface area contributed by atoms with Crippen LogP contribution in [-0.4, -0.2) is 25.9 Å². The smallest absolute Gasteiger partial charge is 0.265 e. The van der Waals surface area contributed by atoms with Gasteiger partial charge in [-0.2, -0.15) is 0 Å². The van der Waals surface area contributed by atoms with Gasteiger partial charge in [0.2, 0.25) is 0 Å². The molecule has 162 valence electrons. The van der Waals surface area contributed by atoms with Crippen LogP contribution in [0.4, 0.5) is 11.4 Å². The first-order chi connectivity index (χ1) is 15.3. The fraction of sp³-hybridized carbons (Fsp3) is 0.130. The molecule has 0 saturated carbocycles. The topological polar surface area (TPSA) is 92.5 Å². The van der Waals surface area contributed by atoms with Gasteiger partial charge in [0.15, 0.2) is 11.5 Å². The lowest BCUT2D eigenvalue weighted by Gasteiger charge is -2.20. The molecule has 0 saturated heterocycles. The summed E-state index contributed by atoms with van der Waals surface area (Å²) >= 11 is 6.26. The number of nitrogens with zero attached hydrogens (tertiary/aromatic N) is 2. The number of carbonyl (C=O) groups is 1. The number of amides is 1. The van der Waals surface area contributed by atoms with Crippen molar-refractivity contribution in [1.82, 2.24) is 4.98 Å². The van der Waals surface area contributed by atoms with Crippen LogP contribution in [0.5, 0.6) is 0 Å². The number of sulfonamides is 1. The van der Waals surface area contributed by atoms with Gasteiger partial charge in [-0.3, -0.25) is 9.10 Å². The number of aryl methyl sites for hydroxylation is 1. The predicted molar refractivity (Wildman–Crippen MR) is 123 cm³/mol. The summed E-state index contributed by atoms with van der Waals surface area (Å²) in [5, 5.41) is 2.83. The molecule has 1 aliphatic rings. The summed E-state index contributed by atoms with van der Waals surface area (Å²) in [6.07, 6.45) is 0.622. The molecule has 32 heavy (non-hydrogen) atoms. The highest BCUT2D eigenvalue weighted by atomic mass is 35.5. The Balaban J connectivity index is 1.46. The van der Waals surface area contributed by atoms with Crippen LogP contribution in [0, 0.1) is 6.92 Å². The molecule has 5 rings (SSSR count). The van der Waals surface area contributed by atoms with Crippen molar-refractivity contribution in [2.24, 2.45) is 0 Å². The molecule has 4 aromatic rings. The summed E-state index contributed by atoms with van der Waals surface area (Å²) < 4.78 is 33.6. The van der Waals surface area contributed by atoms with Crippen molar-refractivity contribution >= 4 is 50.0 Å². The summed E-state index contributed by atoms with van der Waals surface area (Å²) in [6.45, 7) is 2.07. The van der Waals surface area contributed by atoms with Crippen molar-refractivity contribution in [2.75, 3.05) is 16.2 Å². The lowest BCUT2D eigenvalue weighted by molar-refractivity contribution is 0.102. The number of halogens is 1. The lowest BCUT2D eigenvalue weighted by atomic mass is 10.2. The maximum Gasteiger partial charge on any atom is 0.265 e. The van der Waals surface area contributed by atoms with E-state index in [0.29, 0.717) is 41.3 Å². The van der Waals surface area contributed by atoms with Gasteiger partial charge in [-0.25, -0.2) is 13.4 Å². The monoisotopic (exact) mass is 467 g/mol. The summed E-state index contributed by atoms with van der Waals surface area (Å²) in [5.74, 6) is 0.0685. The molecular formula is C23H18ClN3O4S. The molecule has 1 aromatic heterocycles. The second-order valence-corrected chi connectivity index (χ2v) is 9.71. The highest BCUT2D eigenvalue weighted by Gasteiger charge is 2.32. The molecule has 0 atom stereocenters. The molecular weight excluding hydrogens is 450 g/mol. The number of rotatable bonds is 4. The first-order valence-electron chi connectivity index (χ1n) is 9.92. The van der Waals surface area contributed by atoms with Crippen molar-refractivity contribution in [2.45, 2.75) is 18.2 Å². The third kappa shape index (κ3) is 3.51. The summed E-state index contributed by atoms with van der Waals surface area (Å²) in [4.78, 5) is 17.0. The Bertz CT molecular complexity index is 1480. The van der Waals surface area contributed by atoms with Gasteiger partial charge in [0.25, 0.3) is 15.9 Å². The molecule has 1 N–H and O–H groups in total. The quantitative estimate of drug-likeness (QED) is 0.465. The summed E-state index contributed by atoms with van der Waals surface area (Å²) in [5.41, 5.74) is 3.52. The summed E-state index contributed by atoms with van der Waals surface area (Å²) in [6, 6.07) is 16.7. The number of nitrogens with one attached hydrogen (secondary N) is 1. The van der Waals surface area contributed by atoms with Gasteiger partial charge in [-0.1, -0.05) is 29.8 Å². The zero-order chi connectivity index (χ0) is 22.5. The molecule has 9 heteroatoms. The Hall–Kier alpha value is -3.36. The van der Waals surface area contributed by atoms with E-state index in [1.807, 2.05) is 12.1 Å². The second kappa shape index (κ2) is 7.65. The number of carbonyl (C=O) groups excluding carboxylic acids is 1. The van der Waals surface area contributed by atoms with Crippen molar-refractivity contribution in [3.05, 3.63) is 82.7 Å². The molecule has 0 spiro atoms. The largest absolute Gasteiger partial charge is 0.441 e. The van der Waals surface area contributed by atoms with Gasteiger partial charge in [0, 0.05) is 24.7 Å². The maximum absolute atomic E-state index is 13.4. The van der Waals surface area contributed by atoms with Crippen LogP contribution in [0.1, 0.15) is 21.8 Å². The van der Waals surface area contributed by atoms with E-state index in [2.05, 4.69) is 10.3 Å².